The molecule has 0 spiro atoms. The Morgan fingerprint density at radius 2 is 2.07 bits per heavy atom. The number of rotatable bonds is 2. The standard InChI is InChI=1S/C8H14N4O2/c1-3-4(2)12-6-5(10-8(12)14)9-7(13)11-6/h4-6H,3H2,1-2H3,(H,10,14)(H2,9,11,13)/t4-,5-,6+/m0/s1. The van der Waals surface area contributed by atoms with Crippen LogP contribution in [0.4, 0.5) is 9.59 Å². The first kappa shape index (κ1) is 9.11. The lowest BCUT2D eigenvalue weighted by atomic mass is 10.2. The third-order valence-corrected chi connectivity index (χ3v) is 2.76. The molecule has 78 valence electrons. The van der Waals surface area contributed by atoms with E-state index in [1.165, 1.54) is 0 Å². The minimum absolute atomic E-state index is 0.123. The van der Waals surface area contributed by atoms with Crippen LogP contribution >= 0.6 is 0 Å². The molecule has 14 heavy (non-hydrogen) atoms. The minimum atomic E-state index is -0.288. The van der Waals surface area contributed by atoms with Gasteiger partial charge in [-0.3, -0.25) is 4.90 Å². The van der Waals surface area contributed by atoms with Crippen molar-refractivity contribution in [1.29, 1.82) is 0 Å². The topological polar surface area (TPSA) is 73.5 Å². The molecule has 2 rings (SSSR count). The van der Waals surface area contributed by atoms with Gasteiger partial charge in [0.15, 0.2) is 0 Å². The highest BCUT2D eigenvalue weighted by atomic mass is 16.2. The third kappa shape index (κ3) is 1.18. The fraction of sp³-hybridized carbons (Fsp3) is 0.750. The molecule has 2 aliphatic heterocycles. The van der Waals surface area contributed by atoms with Crippen LogP contribution in [0.25, 0.3) is 0 Å². The van der Waals surface area contributed by atoms with Crippen LogP contribution < -0.4 is 16.0 Å². The quantitative estimate of drug-likeness (QED) is 0.573. The molecule has 6 heteroatoms. The van der Waals surface area contributed by atoms with Crippen LogP contribution in [-0.2, 0) is 0 Å². The zero-order valence-corrected chi connectivity index (χ0v) is 8.20. The predicted octanol–water partition coefficient (Wildman–Crippen LogP) is -0.225. The molecule has 2 fully saturated rings. The van der Waals surface area contributed by atoms with Crippen molar-refractivity contribution in [2.24, 2.45) is 0 Å². The van der Waals surface area contributed by atoms with Gasteiger partial charge in [-0.25, -0.2) is 9.59 Å². The number of nitrogens with one attached hydrogen (secondary N) is 3. The molecule has 0 aromatic carbocycles. The van der Waals surface area contributed by atoms with E-state index in [-0.39, 0.29) is 30.4 Å². The maximum absolute atomic E-state index is 11.5. The number of hydrogen-bond donors (Lipinski definition) is 3. The summed E-state index contributed by atoms with van der Waals surface area (Å²) < 4.78 is 0. The first-order chi connectivity index (χ1) is 6.63. The smallest absolute Gasteiger partial charge is 0.314 e. The van der Waals surface area contributed by atoms with Crippen molar-refractivity contribution >= 4 is 12.1 Å². The summed E-state index contributed by atoms with van der Waals surface area (Å²) in [5, 5.41) is 8.04. The van der Waals surface area contributed by atoms with Crippen molar-refractivity contribution in [1.82, 2.24) is 20.9 Å². The summed E-state index contributed by atoms with van der Waals surface area (Å²) >= 11 is 0. The van der Waals surface area contributed by atoms with Crippen molar-refractivity contribution in [2.75, 3.05) is 0 Å². The number of nitrogens with zero attached hydrogens (tertiary/aromatic N) is 1. The largest absolute Gasteiger partial charge is 0.321 e. The Morgan fingerprint density at radius 1 is 1.36 bits per heavy atom. The van der Waals surface area contributed by atoms with Crippen LogP contribution in [0.1, 0.15) is 20.3 Å². The van der Waals surface area contributed by atoms with E-state index < -0.39 is 0 Å². The van der Waals surface area contributed by atoms with E-state index in [0.717, 1.165) is 6.42 Å². The molecule has 3 atom stereocenters. The summed E-state index contributed by atoms with van der Waals surface area (Å²) in [6.45, 7) is 3.97. The van der Waals surface area contributed by atoms with E-state index in [2.05, 4.69) is 16.0 Å². The van der Waals surface area contributed by atoms with Gasteiger partial charge in [-0.2, -0.15) is 0 Å². The molecule has 0 aromatic heterocycles. The summed E-state index contributed by atoms with van der Waals surface area (Å²) in [4.78, 5) is 24.2. The fourth-order valence-electron chi connectivity index (χ4n) is 1.83. The molecule has 2 saturated heterocycles. The summed E-state index contributed by atoms with van der Waals surface area (Å²) in [5.41, 5.74) is 0. The second kappa shape index (κ2) is 3.04. The highest BCUT2D eigenvalue weighted by molar-refractivity contribution is 5.84. The monoisotopic (exact) mass is 198 g/mol. The zero-order valence-electron chi connectivity index (χ0n) is 8.20. The molecule has 2 heterocycles. The zero-order chi connectivity index (χ0) is 10.3. The molecular formula is C8H14N4O2. The number of fused-ring (bicyclic) bond motifs is 1. The average Bonchev–Trinajstić information content (AvgIpc) is 2.58. The van der Waals surface area contributed by atoms with Gasteiger partial charge in [-0.05, 0) is 13.3 Å². The van der Waals surface area contributed by atoms with Crippen LogP contribution in [-0.4, -0.2) is 35.3 Å². The van der Waals surface area contributed by atoms with Crippen LogP contribution in [0.2, 0.25) is 0 Å². The molecule has 2 aliphatic rings. The van der Waals surface area contributed by atoms with Crippen LogP contribution in [0.5, 0.6) is 0 Å². The maximum Gasteiger partial charge on any atom is 0.321 e. The van der Waals surface area contributed by atoms with Gasteiger partial charge in [0.2, 0.25) is 0 Å². The molecule has 3 N–H and O–H groups in total. The highest BCUT2D eigenvalue weighted by Gasteiger charge is 2.46. The van der Waals surface area contributed by atoms with Gasteiger partial charge in [0.05, 0.1) is 0 Å². The summed E-state index contributed by atoms with van der Waals surface area (Å²) in [5.74, 6) is 0. The SMILES string of the molecule is CC[C@H](C)N1C(=O)N[C@@H]2NC(=O)N[C@@H]21. The van der Waals surface area contributed by atoms with Crippen LogP contribution in [0.15, 0.2) is 0 Å². The number of urea groups is 2. The van der Waals surface area contributed by atoms with Crippen molar-refractivity contribution < 1.29 is 9.59 Å². The first-order valence-corrected chi connectivity index (χ1v) is 4.79. The maximum atomic E-state index is 11.5. The fourth-order valence-corrected chi connectivity index (χ4v) is 1.83. The lowest BCUT2D eigenvalue weighted by Gasteiger charge is -2.26. The number of amides is 4. The van der Waals surface area contributed by atoms with Crippen molar-refractivity contribution in [2.45, 2.75) is 38.6 Å². The lowest BCUT2D eigenvalue weighted by molar-refractivity contribution is 0.169. The molecule has 6 nitrogen and oxygen atoms in total. The second-order valence-electron chi connectivity index (χ2n) is 3.65. The average molecular weight is 198 g/mol. The highest BCUT2D eigenvalue weighted by Crippen LogP contribution is 2.18. The molecular weight excluding hydrogens is 184 g/mol. The normalized spacial score (nSPS) is 32.0. The minimum Gasteiger partial charge on any atom is -0.314 e. The predicted molar refractivity (Wildman–Crippen MR) is 49.4 cm³/mol. The Balaban J connectivity index is 2.16. The summed E-state index contributed by atoms with van der Waals surface area (Å²) in [7, 11) is 0. The Hall–Kier alpha value is -1.46. The van der Waals surface area contributed by atoms with E-state index in [0.29, 0.717) is 0 Å². The third-order valence-electron chi connectivity index (χ3n) is 2.76. The molecule has 0 saturated carbocycles. The van der Waals surface area contributed by atoms with Gasteiger partial charge in [-0.15, -0.1) is 0 Å². The van der Waals surface area contributed by atoms with E-state index in [1.54, 1.807) is 4.90 Å². The van der Waals surface area contributed by atoms with Crippen molar-refractivity contribution in [3.05, 3.63) is 0 Å². The molecule has 0 aromatic rings. The first-order valence-electron chi connectivity index (χ1n) is 4.79. The van der Waals surface area contributed by atoms with E-state index >= 15 is 0 Å². The van der Waals surface area contributed by atoms with E-state index in [1.807, 2.05) is 13.8 Å². The van der Waals surface area contributed by atoms with Gasteiger partial charge >= 0.3 is 12.1 Å². The van der Waals surface area contributed by atoms with Crippen molar-refractivity contribution in [3.63, 3.8) is 0 Å². The van der Waals surface area contributed by atoms with Gasteiger partial charge in [0.25, 0.3) is 0 Å². The number of carbonyl (C=O) groups excluding carboxylic acids is 2. The van der Waals surface area contributed by atoms with Crippen LogP contribution in [0, 0.1) is 0 Å². The van der Waals surface area contributed by atoms with Gasteiger partial charge in [0, 0.05) is 6.04 Å². The Labute approximate surface area is 82.0 Å². The Bertz CT molecular complexity index is 281. The van der Waals surface area contributed by atoms with E-state index in [9.17, 15) is 9.59 Å². The number of hydrogen-bond acceptors (Lipinski definition) is 2. The second-order valence-corrected chi connectivity index (χ2v) is 3.65. The van der Waals surface area contributed by atoms with E-state index in [4.69, 9.17) is 0 Å². The van der Waals surface area contributed by atoms with Gasteiger partial charge < -0.3 is 16.0 Å². The molecule has 0 bridgehead atoms. The summed E-state index contributed by atoms with van der Waals surface area (Å²) in [6.07, 6.45) is 0.334. The van der Waals surface area contributed by atoms with Gasteiger partial charge in [-0.1, -0.05) is 6.92 Å². The molecule has 4 amide bonds. The molecule has 0 radical (unpaired) electrons. The molecule has 0 aliphatic carbocycles. The lowest BCUT2D eigenvalue weighted by Crippen LogP contribution is -2.47. The van der Waals surface area contributed by atoms with Gasteiger partial charge in [0.1, 0.15) is 12.3 Å². The summed E-state index contributed by atoms with van der Waals surface area (Å²) in [6, 6.07) is -0.222. The van der Waals surface area contributed by atoms with Crippen molar-refractivity contribution in [3.8, 4) is 0 Å². The van der Waals surface area contributed by atoms with Crippen LogP contribution in [0.3, 0.4) is 0 Å². The molecule has 0 unspecified atom stereocenters. The Morgan fingerprint density at radius 3 is 2.71 bits per heavy atom. The number of carbonyl (C=O) groups is 2. The Kier molecular flexibility index (Phi) is 1.98.